The Labute approximate surface area is 230 Å². The average molecular weight is 542 g/mol. The van der Waals surface area contributed by atoms with E-state index in [2.05, 4.69) is 15.8 Å². The molecule has 0 spiro atoms. The summed E-state index contributed by atoms with van der Waals surface area (Å²) in [6, 6.07) is 22.1. The van der Waals surface area contributed by atoms with E-state index in [0.29, 0.717) is 35.1 Å². The van der Waals surface area contributed by atoms with Crippen LogP contribution >= 0.6 is 0 Å². The van der Waals surface area contributed by atoms with E-state index in [9.17, 15) is 14.4 Å². The van der Waals surface area contributed by atoms with Gasteiger partial charge in [-0.25, -0.2) is 10.2 Å². The van der Waals surface area contributed by atoms with E-state index in [0.717, 1.165) is 10.8 Å². The van der Waals surface area contributed by atoms with Crippen molar-refractivity contribution in [2.75, 3.05) is 26.1 Å². The van der Waals surface area contributed by atoms with Crippen molar-refractivity contribution in [3.05, 3.63) is 90.0 Å². The number of nitrogens with zero attached hydrogens (tertiary/aromatic N) is 1. The first-order valence-corrected chi connectivity index (χ1v) is 12.3. The molecule has 0 aliphatic rings. The number of hydrazone groups is 1. The molecular weight excluding hydrogens is 514 g/mol. The van der Waals surface area contributed by atoms with Gasteiger partial charge in [0.15, 0.2) is 11.5 Å². The zero-order valence-corrected chi connectivity index (χ0v) is 22.1. The molecule has 10 nitrogen and oxygen atoms in total. The quantitative estimate of drug-likeness (QED) is 0.105. The highest BCUT2D eigenvalue weighted by molar-refractivity contribution is 6.39. The average Bonchev–Trinajstić information content (AvgIpc) is 2.98. The molecule has 40 heavy (non-hydrogen) atoms. The van der Waals surface area contributed by atoms with Crippen LogP contribution < -0.4 is 29.7 Å². The first-order chi connectivity index (χ1) is 19.4. The molecule has 0 radical (unpaired) electrons. The molecule has 0 aliphatic heterocycles. The molecule has 4 aromatic rings. The van der Waals surface area contributed by atoms with Crippen LogP contribution in [0.4, 0.5) is 5.69 Å². The van der Waals surface area contributed by atoms with E-state index in [4.69, 9.17) is 18.9 Å². The van der Waals surface area contributed by atoms with Gasteiger partial charge in [-0.3, -0.25) is 9.59 Å². The second-order valence-electron chi connectivity index (χ2n) is 8.27. The fourth-order valence-electron chi connectivity index (χ4n) is 3.81. The van der Waals surface area contributed by atoms with Crippen LogP contribution in [0.3, 0.4) is 0 Å². The van der Waals surface area contributed by atoms with Crippen molar-refractivity contribution in [3.8, 4) is 23.0 Å². The van der Waals surface area contributed by atoms with Crippen molar-refractivity contribution in [1.29, 1.82) is 0 Å². The Bertz CT molecular complexity index is 1570. The van der Waals surface area contributed by atoms with Crippen LogP contribution in [0.25, 0.3) is 10.8 Å². The Kier molecular flexibility index (Phi) is 8.93. The van der Waals surface area contributed by atoms with Gasteiger partial charge in [0.25, 0.3) is 0 Å². The lowest BCUT2D eigenvalue weighted by Gasteiger charge is -2.12. The smallest absolute Gasteiger partial charge is 0.343 e. The Balaban J connectivity index is 1.51. The normalized spacial score (nSPS) is 10.7. The van der Waals surface area contributed by atoms with Gasteiger partial charge in [-0.1, -0.05) is 30.3 Å². The topological polar surface area (TPSA) is 125 Å². The van der Waals surface area contributed by atoms with Crippen LogP contribution in [0.1, 0.15) is 22.8 Å². The summed E-state index contributed by atoms with van der Waals surface area (Å²) in [7, 11) is 2.97. The van der Waals surface area contributed by atoms with Gasteiger partial charge < -0.3 is 24.3 Å². The molecule has 0 aromatic heterocycles. The van der Waals surface area contributed by atoms with Crippen molar-refractivity contribution in [2.24, 2.45) is 5.10 Å². The van der Waals surface area contributed by atoms with Crippen molar-refractivity contribution in [1.82, 2.24) is 5.43 Å². The van der Waals surface area contributed by atoms with Gasteiger partial charge in [0, 0.05) is 11.3 Å². The number of methoxy groups -OCH3 is 2. The number of hydrogen-bond acceptors (Lipinski definition) is 8. The number of esters is 1. The van der Waals surface area contributed by atoms with Crippen LogP contribution in [0.5, 0.6) is 23.0 Å². The molecule has 0 saturated heterocycles. The molecule has 204 valence electrons. The molecule has 0 saturated carbocycles. The van der Waals surface area contributed by atoms with E-state index in [1.807, 2.05) is 31.2 Å². The summed E-state index contributed by atoms with van der Waals surface area (Å²) in [5.41, 5.74) is 3.31. The van der Waals surface area contributed by atoms with Crippen LogP contribution in [-0.2, 0) is 9.59 Å². The van der Waals surface area contributed by atoms with Gasteiger partial charge in [0.1, 0.15) is 11.5 Å². The maximum absolute atomic E-state index is 13.0. The van der Waals surface area contributed by atoms with Gasteiger partial charge in [-0.15, -0.1) is 0 Å². The number of rotatable bonds is 9. The maximum Gasteiger partial charge on any atom is 0.343 e. The lowest BCUT2D eigenvalue weighted by molar-refractivity contribution is -0.136. The standard InChI is InChI=1S/C30H27N3O7/c1-4-39-22-13-11-21(12-14-22)32-28(34)29(35)33-31-18-24-23-8-6-5-7-19(23)9-15-25(24)40-30(36)20-10-16-26(37-2)27(17-20)38-3/h5-18H,4H2,1-3H3,(H,32,34)(H,33,35)/b31-18-. The van der Waals surface area contributed by atoms with E-state index in [-0.39, 0.29) is 11.3 Å². The van der Waals surface area contributed by atoms with Gasteiger partial charge in [0.05, 0.1) is 32.6 Å². The molecule has 0 heterocycles. The summed E-state index contributed by atoms with van der Waals surface area (Å²) in [4.78, 5) is 37.7. The summed E-state index contributed by atoms with van der Waals surface area (Å²) in [6.45, 7) is 2.38. The van der Waals surface area contributed by atoms with E-state index in [1.165, 1.54) is 26.5 Å². The summed E-state index contributed by atoms with van der Waals surface area (Å²) in [5, 5.41) is 8.02. The fraction of sp³-hybridized carbons (Fsp3) is 0.133. The van der Waals surface area contributed by atoms with Gasteiger partial charge in [-0.2, -0.15) is 5.10 Å². The Morgan fingerprint density at radius 3 is 2.27 bits per heavy atom. The van der Waals surface area contributed by atoms with Crippen LogP contribution in [0.15, 0.2) is 84.0 Å². The number of benzene rings is 4. The van der Waals surface area contributed by atoms with E-state index in [1.54, 1.807) is 48.5 Å². The van der Waals surface area contributed by atoms with Gasteiger partial charge >= 0.3 is 17.8 Å². The predicted molar refractivity (Wildman–Crippen MR) is 150 cm³/mol. The molecule has 4 aromatic carbocycles. The number of ether oxygens (including phenoxy) is 4. The number of hydrogen-bond donors (Lipinski definition) is 2. The second kappa shape index (κ2) is 12.9. The van der Waals surface area contributed by atoms with Crippen molar-refractivity contribution >= 4 is 40.5 Å². The summed E-state index contributed by atoms with van der Waals surface area (Å²) >= 11 is 0. The molecule has 0 unspecified atom stereocenters. The highest BCUT2D eigenvalue weighted by Gasteiger charge is 2.17. The van der Waals surface area contributed by atoms with Crippen molar-refractivity contribution < 1.29 is 33.3 Å². The molecule has 0 atom stereocenters. The molecule has 0 bridgehead atoms. The third-order valence-corrected chi connectivity index (χ3v) is 5.74. The molecule has 2 N–H and O–H groups in total. The van der Waals surface area contributed by atoms with E-state index >= 15 is 0 Å². The fourth-order valence-corrected chi connectivity index (χ4v) is 3.81. The minimum Gasteiger partial charge on any atom is -0.494 e. The zero-order chi connectivity index (χ0) is 28.5. The third-order valence-electron chi connectivity index (χ3n) is 5.74. The monoisotopic (exact) mass is 541 g/mol. The number of nitrogens with one attached hydrogen (secondary N) is 2. The minimum absolute atomic E-state index is 0.204. The predicted octanol–water partition coefficient (Wildman–Crippen LogP) is 4.56. The summed E-state index contributed by atoms with van der Waals surface area (Å²) in [5.74, 6) is -0.816. The van der Waals surface area contributed by atoms with Gasteiger partial charge in [-0.05, 0) is 66.2 Å². The van der Waals surface area contributed by atoms with Crippen molar-refractivity contribution in [2.45, 2.75) is 6.92 Å². The van der Waals surface area contributed by atoms with Crippen LogP contribution in [-0.4, -0.2) is 44.8 Å². The molecular formula is C30H27N3O7. The molecule has 0 aliphatic carbocycles. The first-order valence-electron chi connectivity index (χ1n) is 12.3. The van der Waals surface area contributed by atoms with Crippen molar-refractivity contribution in [3.63, 3.8) is 0 Å². The Morgan fingerprint density at radius 2 is 1.55 bits per heavy atom. The highest BCUT2D eigenvalue weighted by Crippen LogP contribution is 2.30. The Hall–Kier alpha value is -5.38. The lowest BCUT2D eigenvalue weighted by atomic mass is 10.0. The zero-order valence-electron chi connectivity index (χ0n) is 22.1. The Morgan fingerprint density at radius 1 is 0.825 bits per heavy atom. The number of carbonyl (C=O) groups is 3. The first kappa shape index (κ1) is 27.6. The molecule has 0 fully saturated rings. The third kappa shape index (κ3) is 6.54. The van der Waals surface area contributed by atoms with Gasteiger partial charge in [0.2, 0.25) is 0 Å². The SMILES string of the molecule is CCOc1ccc(NC(=O)C(=O)N/N=C\c2c(OC(=O)c3ccc(OC)c(OC)c3)ccc3ccccc23)cc1. The largest absolute Gasteiger partial charge is 0.494 e. The number of carbonyl (C=O) groups excluding carboxylic acids is 3. The molecule has 4 rings (SSSR count). The summed E-state index contributed by atoms with van der Waals surface area (Å²) in [6.07, 6.45) is 1.32. The second-order valence-corrected chi connectivity index (χ2v) is 8.27. The van der Waals surface area contributed by atoms with Crippen LogP contribution in [0, 0.1) is 0 Å². The summed E-state index contributed by atoms with van der Waals surface area (Å²) < 4.78 is 21.6. The van der Waals surface area contributed by atoms with E-state index < -0.39 is 17.8 Å². The number of amides is 2. The lowest BCUT2D eigenvalue weighted by Crippen LogP contribution is -2.32. The van der Waals surface area contributed by atoms with Crippen LogP contribution in [0.2, 0.25) is 0 Å². The highest BCUT2D eigenvalue weighted by atomic mass is 16.5. The minimum atomic E-state index is -0.978. The maximum atomic E-state index is 13.0. The number of fused-ring (bicyclic) bond motifs is 1. The number of anilines is 1. The molecule has 2 amide bonds. The molecule has 10 heteroatoms.